The lowest BCUT2D eigenvalue weighted by molar-refractivity contribution is -0.142. The van der Waals surface area contributed by atoms with Gasteiger partial charge in [0.05, 0.1) is 19.6 Å². The molecule has 2 heterocycles. The number of esters is 1. The van der Waals surface area contributed by atoms with E-state index in [4.69, 9.17) is 9.47 Å². The Labute approximate surface area is 216 Å². The Balaban J connectivity index is 1.50. The third-order valence-corrected chi connectivity index (χ3v) is 8.36. The second-order valence-electron chi connectivity index (χ2n) is 10.3. The van der Waals surface area contributed by atoms with E-state index in [1.165, 1.54) is 35.3 Å². The molecule has 1 unspecified atom stereocenters. The summed E-state index contributed by atoms with van der Waals surface area (Å²) in [7, 11) is 0. The molecule has 2 aromatic carbocycles. The normalized spacial score (nSPS) is 21.8. The van der Waals surface area contributed by atoms with Crippen LogP contribution in [-0.2, 0) is 26.1 Å². The first-order chi connectivity index (χ1) is 17.6. The Kier molecular flexibility index (Phi) is 7.11. The maximum Gasteiger partial charge on any atom is 0.310 e. The molecule has 2 fully saturated rings. The van der Waals surface area contributed by atoms with E-state index in [0.29, 0.717) is 13.0 Å². The zero-order chi connectivity index (χ0) is 25.2. The van der Waals surface area contributed by atoms with Crippen LogP contribution < -0.4 is 9.80 Å². The van der Waals surface area contributed by atoms with Crippen molar-refractivity contribution in [3.63, 3.8) is 0 Å². The summed E-state index contributed by atoms with van der Waals surface area (Å²) in [5.41, 5.74) is 5.55. The molecule has 2 aliphatic heterocycles. The monoisotopic (exact) mass is 488 g/mol. The zero-order valence-corrected chi connectivity index (χ0v) is 22.1. The van der Waals surface area contributed by atoms with E-state index < -0.39 is 5.72 Å². The molecular formula is C31H40N2O3. The number of hydrogen-bond acceptors (Lipinski definition) is 5. The van der Waals surface area contributed by atoms with Crippen molar-refractivity contribution in [2.24, 2.45) is 0 Å². The summed E-state index contributed by atoms with van der Waals surface area (Å²) in [6.07, 6.45) is 10.4. The van der Waals surface area contributed by atoms with E-state index in [1.807, 2.05) is 6.92 Å². The van der Waals surface area contributed by atoms with E-state index in [1.54, 1.807) is 0 Å². The van der Waals surface area contributed by atoms with Gasteiger partial charge in [-0.25, -0.2) is 0 Å². The molecule has 3 aliphatic rings. The van der Waals surface area contributed by atoms with Crippen LogP contribution in [0.25, 0.3) is 6.08 Å². The molecular weight excluding hydrogens is 448 g/mol. The van der Waals surface area contributed by atoms with Crippen molar-refractivity contribution >= 4 is 23.4 Å². The van der Waals surface area contributed by atoms with Crippen LogP contribution in [-0.4, -0.2) is 44.5 Å². The molecule has 0 N–H and O–H groups in total. The lowest BCUT2D eigenvalue weighted by Gasteiger charge is -2.42. The first-order valence-corrected chi connectivity index (χ1v) is 13.8. The van der Waals surface area contributed by atoms with Crippen LogP contribution in [0.1, 0.15) is 69.6 Å². The van der Waals surface area contributed by atoms with Crippen LogP contribution in [0, 0.1) is 0 Å². The number of hydrogen-bond donors (Lipinski definition) is 0. The third-order valence-electron chi connectivity index (χ3n) is 8.36. The molecule has 1 spiro atoms. The van der Waals surface area contributed by atoms with Crippen molar-refractivity contribution in [2.75, 3.05) is 42.6 Å². The molecule has 0 aromatic heterocycles. The van der Waals surface area contributed by atoms with Gasteiger partial charge in [-0.3, -0.25) is 4.79 Å². The second kappa shape index (κ2) is 10.3. The molecule has 5 rings (SSSR count). The molecule has 0 amide bonds. The average molecular weight is 489 g/mol. The van der Waals surface area contributed by atoms with Crippen molar-refractivity contribution in [3.05, 3.63) is 65.2 Å². The molecule has 5 heteroatoms. The predicted octanol–water partition coefficient (Wildman–Crippen LogP) is 6.10. The largest absolute Gasteiger partial charge is 0.465 e. The molecule has 36 heavy (non-hydrogen) atoms. The fourth-order valence-corrected chi connectivity index (χ4v) is 6.70. The van der Waals surface area contributed by atoms with E-state index in [-0.39, 0.29) is 11.4 Å². The molecule has 0 radical (unpaired) electrons. The van der Waals surface area contributed by atoms with Crippen LogP contribution in [0.5, 0.6) is 0 Å². The minimum atomic E-state index is -0.474. The highest BCUT2D eigenvalue weighted by molar-refractivity contribution is 5.76. The Bertz CT molecular complexity index is 1120. The molecule has 1 saturated heterocycles. The van der Waals surface area contributed by atoms with Gasteiger partial charge in [0, 0.05) is 36.4 Å². The van der Waals surface area contributed by atoms with E-state index in [2.05, 4.69) is 78.3 Å². The summed E-state index contributed by atoms with van der Waals surface area (Å²) < 4.78 is 12.1. The third kappa shape index (κ3) is 4.11. The van der Waals surface area contributed by atoms with Gasteiger partial charge in [0.25, 0.3) is 0 Å². The summed E-state index contributed by atoms with van der Waals surface area (Å²) in [4.78, 5) is 17.2. The summed E-state index contributed by atoms with van der Waals surface area (Å²) >= 11 is 0. The van der Waals surface area contributed by atoms with Gasteiger partial charge in [-0.05, 0) is 74.1 Å². The van der Waals surface area contributed by atoms with Gasteiger partial charge in [0.1, 0.15) is 0 Å². The fraction of sp³-hybridized carbons (Fsp3) is 0.516. The van der Waals surface area contributed by atoms with Crippen LogP contribution in [0.4, 0.5) is 11.4 Å². The van der Waals surface area contributed by atoms with E-state index >= 15 is 0 Å². The smallest absolute Gasteiger partial charge is 0.310 e. The van der Waals surface area contributed by atoms with Gasteiger partial charge in [-0.2, -0.15) is 0 Å². The Morgan fingerprint density at radius 3 is 2.67 bits per heavy atom. The Morgan fingerprint density at radius 2 is 1.92 bits per heavy atom. The van der Waals surface area contributed by atoms with Crippen molar-refractivity contribution in [1.82, 2.24) is 0 Å². The van der Waals surface area contributed by atoms with Gasteiger partial charge >= 0.3 is 5.97 Å². The number of carbonyl (C=O) groups is 1. The molecule has 1 saturated carbocycles. The van der Waals surface area contributed by atoms with Gasteiger partial charge in [0.15, 0.2) is 5.72 Å². The lowest BCUT2D eigenvalue weighted by Crippen LogP contribution is -2.53. The zero-order valence-electron chi connectivity index (χ0n) is 22.1. The summed E-state index contributed by atoms with van der Waals surface area (Å²) in [6, 6.07) is 15.4. The number of fused-ring (bicyclic) bond motifs is 5. The maximum atomic E-state index is 12.3. The average Bonchev–Trinajstić information content (AvgIpc) is 3.60. The van der Waals surface area contributed by atoms with Crippen molar-refractivity contribution in [2.45, 2.75) is 70.4 Å². The molecule has 5 nitrogen and oxygen atoms in total. The summed E-state index contributed by atoms with van der Waals surface area (Å²) in [6.45, 7) is 10.5. The van der Waals surface area contributed by atoms with E-state index in [9.17, 15) is 4.79 Å². The van der Waals surface area contributed by atoms with Crippen molar-refractivity contribution in [3.8, 4) is 0 Å². The Morgan fingerprint density at radius 1 is 1.11 bits per heavy atom. The quantitative estimate of drug-likeness (QED) is 0.399. The summed E-state index contributed by atoms with van der Waals surface area (Å²) in [5, 5.41) is 0. The van der Waals surface area contributed by atoms with Gasteiger partial charge in [-0.1, -0.05) is 50.1 Å². The standard InChI is InChI=1S/C31H40N2O3/c1-4-19-35-29(34)23-25-12-13-28-27(22-25)30(15-7-8-16-30)31(33(28)18-20-36-31)17-14-24-10-9-11-26(21-24)32(5-2)6-3/h9-14,17,21-22H,4-8,15-16,18-20,23H2,1-3H3/b17-14+. The van der Waals surface area contributed by atoms with Crippen LogP contribution in [0.3, 0.4) is 0 Å². The number of nitrogens with zero attached hydrogens (tertiary/aromatic N) is 2. The van der Waals surface area contributed by atoms with Crippen LogP contribution in [0.15, 0.2) is 48.5 Å². The van der Waals surface area contributed by atoms with Gasteiger partial charge in [-0.15, -0.1) is 0 Å². The number of anilines is 2. The van der Waals surface area contributed by atoms with E-state index in [0.717, 1.165) is 51.1 Å². The minimum absolute atomic E-state index is 0.0881. The van der Waals surface area contributed by atoms with Crippen molar-refractivity contribution in [1.29, 1.82) is 0 Å². The fourth-order valence-electron chi connectivity index (χ4n) is 6.70. The number of ether oxygens (including phenoxy) is 2. The lowest BCUT2D eigenvalue weighted by atomic mass is 9.72. The second-order valence-corrected chi connectivity index (χ2v) is 10.3. The van der Waals surface area contributed by atoms with Crippen molar-refractivity contribution < 1.29 is 14.3 Å². The molecule has 1 aliphatic carbocycles. The van der Waals surface area contributed by atoms with Gasteiger partial charge in [0.2, 0.25) is 0 Å². The highest BCUT2D eigenvalue weighted by Gasteiger charge is 2.64. The molecule has 0 bridgehead atoms. The summed E-state index contributed by atoms with van der Waals surface area (Å²) in [5.74, 6) is -0.144. The number of benzene rings is 2. The SMILES string of the molecule is CCCOC(=O)Cc1ccc2c(c1)C1(CCCC1)C1(/C=C/c3cccc(N(CC)CC)c3)OCCN21. The molecule has 2 aromatic rings. The highest BCUT2D eigenvalue weighted by atomic mass is 16.5. The Hall–Kier alpha value is -2.79. The predicted molar refractivity (Wildman–Crippen MR) is 147 cm³/mol. The van der Waals surface area contributed by atoms with Crippen LogP contribution in [0.2, 0.25) is 0 Å². The number of carbonyl (C=O) groups excluding carboxylic acids is 1. The topological polar surface area (TPSA) is 42.0 Å². The van der Waals surface area contributed by atoms with Crippen LogP contribution >= 0.6 is 0 Å². The number of rotatable bonds is 9. The minimum Gasteiger partial charge on any atom is -0.465 e. The highest BCUT2D eigenvalue weighted by Crippen LogP contribution is 2.62. The maximum absolute atomic E-state index is 12.3. The first kappa shape index (κ1) is 24.9. The molecule has 1 atom stereocenters. The first-order valence-electron chi connectivity index (χ1n) is 13.8. The molecule has 192 valence electrons. The van der Waals surface area contributed by atoms with Gasteiger partial charge < -0.3 is 19.3 Å².